The third-order valence-corrected chi connectivity index (χ3v) is 0.167. The van der Waals surface area contributed by atoms with Crippen LogP contribution in [-0.4, -0.2) is 5.11 Å². The van der Waals surface area contributed by atoms with Crippen LogP contribution in [0.25, 0.3) is 0 Å². The van der Waals surface area contributed by atoms with E-state index >= 15 is 0 Å². The molecule has 0 unspecified atom stereocenters. The Labute approximate surface area is 30.6 Å². The van der Waals surface area contributed by atoms with E-state index in [1.54, 1.807) is 0 Å². The minimum atomic E-state index is 0.757. The zero-order chi connectivity index (χ0) is 4.12. The minimum Gasteiger partial charge on any atom is -0.507 e. The topological polar surface area (TPSA) is 20.2 Å². The van der Waals surface area contributed by atoms with E-state index < -0.39 is 0 Å². The van der Waals surface area contributed by atoms with Gasteiger partial charge in [0.05, 0.1) is 0 Å². The summed E-state index contributed by atoms with van der Waals surface area (Å²) in [6, 6.07) is 0. The van der Waals surface area contributed by atoms with Gasteiger partial charge in [0.1, 0.15) is 6.26 Å². The molecule has 0 radical (unpaired) electrons. The molecule has 0 aromatic carbocycles. The van der Waals surface area contributed by atoms with Crippen LogP contribution in [0.15, 0.2) is 24.3 Å². The van der Waals surface area contributed by atoms with Gasteiger partial charge in [-0.1, -0.05) is 5.73 Å². The highest BCUT2D eigenvalue weighted by Gasteiger charge is 1.29. The molecule has 0 rings (SSSR count). The summed E-state index contributed by atoms with van der Waals surface area (Å²) in [6.45, 7) is 3.12. The zero-order valence-electron chi connectivity index (χ0n) is 2.73. The average Bonchev–Trinajstić information content (AvgIpc) is 1.41. The Hall–Kier alpha value is -0.900. The van der Waals surface area contributed by atoms with Crippen molar-refractivity contribution in [1.82, 2.24) is 0 Å². The molecule has 0 aromatic rings. The van der Waals surface area contributed by atoms with Gasteiger partial charge in [-0.25, -0.2) is 0 Å². The van der Waals surface area contributed by atoms with Crippen LogP contribution in [0.2, 0.25) is 0 Å². The standard InChI is InChI=1S/C4H4O/c1-2-3-4-5/h4-5H,1H2. The lowest BCUT2D eigenvalue weighted by Gasteiger charge is -1.46. The first-order valence-electron chi connectivity index (χ1n) is 1.15. The second-order valence-electron chi connectivity index (χ2n) is 0.450. The molecule has 0 amide bonds. The van der Waals surface area contributed by atoms with Crippen molar-refractivity contribution in [3.05, 3.63) is 24.3 Å². The maximum Gasteiger partial charge on any atom is 0.129 e. The van der Waals surface area contributed by atoms with E-state index in [0.717, 1.165) is 6.26 Å². The largest absolute Gasteiger partial charge is 0.507 e. The molecule has 5 heavy (non-hydrogen) atoms. The van der Waals surface area contributed by atoms with Gasteiger partial charge >= 0.3 is 0 Å². The molecular formula is C4H4O. The van der Waals surface area contributed by atoms with Crippen molar-refractivity contribution in [3.8, 4) is 0 Å². The number of aliphatic hydroxyl groups is 1. The van der Waals surface area contributed by atoms with Gasteiger partial charge < -0.3 is 5.11 Å². The van der Waals surface area contributed by atoms with Crippen molar-refractivity contribution >= 4 is 0 Å². The molecule has 0 heterocycles. The predicted molar refractivity (Wildman–Crippen MR) is 19.9 cm³/mol. The molecule has 0 atom stereocenters. The van der Waals surface area contributed by atoms with E-state index in [9.17, 15) is 0 Å². The van der Waals surface area contributed by atoms with Crippen LogP contribution in [0, 0.1) is 0 Å². The van der Waals surface area contributed by atoms with Crippen LogP contribution >= 0.6 is 0 Å². The minimum absolute atomic E-state index is 0.757. The Morgan fingerprint density at radius 3 is 2.40 bits per heavy atom. The highest BCUT2D eigenvalue weighted by atomic mass is 16.2. The molecule has 0 aliphatic carbocycles. The average molecular weight is 68.1 g/mol. The van der Waals surface area contributed by atoms with Gasteiger partial charge in [0.25, 0.3) is 0 Å². The van der Waals surface area contributed by atoms with Crippen molar-refractivity contribution in [3.63, 3.8) is 0 Å². The third kappa shape index (κ3) is 3.10. The van der Waals surface area contributed by atoms with Gasteiger partial charge in [-0.3, -0.25) is 0 Å². The Morgan fingerprint density at radius 1 is 1.80 bits per heavy atom. The Kier molecular flexibility index (Phi) is 2.54. The lowest BCUT2D eigenvalue weighted by molar-refractivity contribution is 0.475. The molecule has 0 aromatic heterocycles. The first-order valence-corrected chi connectivity index (χ1v) is 1.15. The van der Waals surface area contributed by atoms with Crippen molar-refractivity contribution in [2.45, 2.75) is 0 Å². The highest BCUT2D eigenvalue weighted by molar-refractivity contribution is 4.70. The Balaban J connectivity index is 3.75. The molecule has 1 N–H and O–H groups in total. The van der Waals surface area contributed by atoms with E-state index in [1.165, 1.54) is 0 Å². The van der Waals surface area contributed by atoms with Crippen LogP contribution < -0.4 is 0 Å². The van der Waals surface area contributed by atoms with Crippen molar-refractivity contribution in [2.75, 3.05) is 0 Å². The first-order chi connectivity index (χ1) is 2.41. The fraction of sp³-hybridized carbons (Fsp3) is 0. The SMILES string of the molecule is C=C=C=CO. The lowest BCUT2D eigenvalue weighted by Crippen LogP contribution is -1.31. The molecule has 1 heteroatoms. The van der Waals surface area contributed by atoms with Gasteiger partial charge in [0.15, 0.2) is 0 Å². The van der Waals surface area contributed by atoms with Gasteiger partial charge in [0.2, 0.25) is 0 Å². The summed E-state index contributed by atoms with van der Waals surface area (Å²) in [5.74, 6) is 0. The van der Waals surface area contributed by atoms with Crippen LogP contribution in [0.3, 0.4) is 0 Å². The second-order valence-corrected chi connectivity index (χ2v) is 0.450. The monoisotopic (exact) mass is 68.0 g/mol. The van der Waals surface area contributed by atoms with Crippen LogP contribution in [0.1, 0.15) is 0 Å². The Bertz CT molecular complexity index is 81.8. The van der Waals surface area contributed by atoms with E-state index in [2.05, 4.69) is 18.0 Å². The van der Waals surface area contributed by atoms with Crippen molar-refractivity contribution < 1.29 is 5.11 Å². The van der Waals surface area contributed by atoms with Gasteiger partial charge in [-0.05, 0) is 12.3 Å². The van der Waals surface area contributed by atoms with Gasteiger partial charge in [-0.2, -0.15) is 0 Å². The highest BCUT2D eigenvalue weighted by Crippen LogP contribution is 1.44. The summed E-state index contributed by atoms with van der Waals surface area (Å²) in [4.78, 5) is 0. The summed E-state index contributed by atoms with van der Waals surface area (Å²) in [5, 5.41) is 7.73. The number of rotatable bonds is 0. The van der Waals surface area contributed by atoms with Crippen LogP contribution in [0.4, 0.5) is 0 Å². The summed E-state index contributed by atoms with van der Waals surface area (Å²) < 4.78 is 0. The fourth-order valence-electron chi connectivity index (χ4n) is 0.0456. The first kappa shape index (κ1) is 4.10. The van der Waals surface area contributed by atoms with Gasteiger partial charge in [-0.15, -0.1) is 0 Å². The lowest BCUT2D eigenvalue weighted by atomic mass is 10.8. The van der Waals surface area contributed by atoms with Gasteiger partial charge in [0, 0.05) is 0 Å². The number of aliphatic hydroxyl groups excluding tert-OH is 1. The predicted octanol–water partition coefficient (Wildman–Crippen LogP) is 0.998. The fourth-order valence-corrected chi connectivity index (χ4v) is 0.0456. The molecule has 0 aliphatic heterocycles. The van der Waals surface area contributed by atoms with Crippen LogP contribution in [-0.2, 0) is 0 Å². The molecular weight excluding hydrogens is 64.0 g/mol. The molecule has 0 aliphatic rings. The van der Waals surface area contributed by atoms with E-state index in [0.29, 0.717) is 0 Å². The molecule has 26 valence electrons. The third-order valence-electron chi connectivity index (χ3n) is 0.167. The van der Waals surface area contributed by atoms with Crippen molar-refractivity contribution in [2.24, 2.45) is 0 Å². The summed E-state index contributed by atoms with van der Waals surface area (Å²) in [7, 11) is 0. The summed E-state index contributed by atoms with van der Waals surface area (Å²) >= 11 is 0. The maximum absolute atomic E-state index is 7.73. The molecule has 0 saturated heterocycles. The second kappa shape index (κ2) is 3.10. The van der Waals surface area contributed by atoms with E-state index in [4.69, 9.17) is 5.11 Å². The number of hydrogen-bond donors (Lipinski definition) is 1. The normalized spacial score (nSPS) is 4.00. The molecule has 0 bridgehead atoms. The summed E-state index contributed by atoms with van der Waals surface area (Å²) in [5.41, 5.74) is 4.39. The quantitative estimate of drug-likeness (QED) is 0.331. The van der Waals surface area contributed by atoms with E-state index in [1.807, 2.05) is 0 Å². The maximum atomic E-state index is 7.73. The molecule has 0 saturated carbocycles. The number of hydrogen-bond acceptors (Lipinski definition) is 1. The Morgan fingerprint density at radius 2 is 2.40 bits per heavy atom. The van der Waals surface area contributed by atoms with E-state index in [-0.39, 0.29) is 0 Å². The molecule has 1 nitrogen and oxygen atoms in total. The smallest absolute Gasteiger partial charge is 0.129 e. The molecule has 0 spiro atoms. The molecule has 0 fully saturated rings. The summed E-state index contributed by atoms with van der Waals surface area (Å²) in [6.07, 6.45) is 0.757. The zero-order valence-corrected chi connectivity index (χ0v) is 2.73. The van der Waals surface area contributed by atoms with Crippen LogP contribution in [0.5, 0.6) is 0 Å². The van der Waals surface area contributed by atoms with Crippen molar-refractivity contribution in [1.29, 1.82) is 0 Å².